The minimum Gasteiger partial charge on any atom is -0.382 e. The van der Waals surface area contributed by atoms with Gasteiger partial charge in [-0.15, -0.1) is 5.10 Å². The van der Waals surface area contributed by atoms with Crippen molar-refractivity contribution in [3.8, 4) is 28.7 Å². The molecule has 142 valence electrons. The Morgan fingerprint density at radius 1 is 1.04 bits per heavy atom. The first kappa shape index (κ1) is 17.6. The highest BCUT2D eigenvalue weighted by atomic mass is 19.4. The molecule has 0 fully saturated rings. The quantitative estimate of drug-likeness (QED) is 0.536. The maximum Gasteiger partial charge on any atom is 0.416 e. The topological polar surface area (TPSA) is 95.7 Å². The third-order valence-electron chi connectivity index (χ3n) is 3.85. The van der Waals surface area contributed by atoms with Crippen molar-refractivity contribution < 1.29 is 22.1 Å². The van der Waals surface area contributed by atoms with Crippen molar-refractivity contribution in [1.82, 2.24) is 25.1 Å². The summed E-state index contributed by atoms with van der Waals surface area (Å²) in [5.41, 5.74) is 5.71. The highest BCUT2D eigenvalue weighted by molar-refractivity contribution is 5.66. The van der Waals surface area contributed by atoms with E-state index in [0.717, 1.165) is 16.8 Å². The van der Waals surface area contributed by atoms with E-state index in [-0.39, 0.29) is 28.9 Å². The highest BCUT2D eigenvalue weighted by Gasteiger charge is 2.31. The summed E-state index contributed by atoms with van der Waals surface area (Å²) in [5.74, 6) is -0.396. The van der Waals surface area contributed by atoms with Crippen LogP contribution in [0.2, 0.25) is 0 Å². The maximum atomic E-state index is 13.0. The van der Waals surface area contributed by atoms with Crippen molar-refractivity contribution >= 4 is 5.82 Å². The number of halogens is 4. The Morgan fingerprint density at radius 2 is 1.79 bits per heavy atom. The molecule has 0 aliphatic carbocycles. The predicted molar refractivity (Wildman–Crippen MR) is 89.5 cm³/mol. The third-order valence-corrected chi connectivity index (χ3v) is 3.85. The predicted octanol–water partition coefficient (Wildman–Crippen LogP) is 3.72. The molecule has 4 rings (SSSR count). The molecule has 2 aromatic heterocycles. The number of hydrogen-bond donors (Lipinski definition) is 1. The van der Waals surface area contributed by atoms with Crippen molar-refractivity contribution in [2.24, 2.45) is 0 Å². The summed E-state index contributed by atoms with van der Waals surface area (Å²) in [6.45, 7) is 0. The normalized spacial score (nSPS) is 11.7. The molecular weight excluding hydrogens is 380 g/mol. The summed E-state index contributed by atoms with van der Waals surface area (Å²) in [5, 5.41) is 11.4. The number of hydrogen-bond acceptors (Lipinski definition) is 6. The minimum atomic E-state index is -4.51. The van der Waals surface area contributed by atoms with Crippen LogP contribution in [0.1, 0.15) is 5.56 Å². The van der Waals surface area contributed by atoms with Gasteiger partial charge in [-0.2, -0.15) is 22.8 Å². The second-order valence-corrected chi connectivity index (χ2v) is 5.71. The van der Waals surface area contributed by atoms with E-state index in [0.29, 0.717) is 5.56 Å². The molecule has 0 atom stereocenters. The van der Waals surface area contributed by atoms with Gasteiger partial charge >= 0.3 is 6.18 Å². The zero-order valence-electron chi connectivity index (χ0n) is 13.9. The van der Waals surface area contributed by atoms with Gasteiger partial charge in [-0.1, -0.05) is 16.4 Å². The van der Waals surface area contributed by atoms with Crippen molar-refractivity contribution in [3.63, 3.8) is 0 Å². The van der Waals surface area contributed by atoms with Gasteiger partial charge in [0.25, 0.3) is 5.89 Å². The number of nitrogens with two attached hydrogens (primary N) is 1. The van der Waals surface area contributed by atoms with Gasteiger partial charge in [0.1, 0.15) is 5.82 Å². The first-order valence-corrected chi connectivity index (χ1v) is 7.82. The first-order chi connectivity index (χ1) is 13.3. The van der Waals surface area contributed by atoms with Crippen LogP contribution < -0.4 is 5.73 Å². The fourth-order valence-electron chi connectivity index (χ4n) is 2.48. The first-order valence-electron chi connectivity index (χ1n) is 7.82. The number of aromatic nitrogens is 5. The van der Waals surface area contributed by atoms with Crippen LogP contribution in [0.4, 0.5) is 23.4 Å². The van der Waals surface area contributed by atoms with Crippen LogP contribution in [0.25, 0.3) is 28.7 Å². The van der Waals surface area contributed by atoms with Crippen LogP contribution in [-0.2, 0) is 6.18 Å². The number of anilines is 1. The van der Waals surface area contributed by atoms with E-state index in [2.05, 4.69) is 20.5 Å². The Morgan fingerprint density at radius 3 is 2.50 bits per heavy atom. The van der Waals surface area contributed by atoms with Gasteiger partial charge in [0, 0.05) is 5.56 Å². The van der Waals surface area contributed by atoms with E-state index in [1.807, 2.05) is 0 Å². The standard InChI is InChI=1S/C17H10F4N6O/c18-11-6-4-9(5-7-11)15-23-16(28-25-15)13-14(22)27(26-24-13)12-3-1-2-10(8-12)17(19,20)21/h1-8H,22H2. The molecule has 2 N–H and O–H groups in total. The Bertz CT molecular complexity index is 1130. The van der Waals surface area contributed by atoms with Crippen molar-refractivity contribution in [1.29, 1.82) is 0 Å². The van der Waals surface area contributed by atoms with Crippen LogP contribution in [0.15, 0.2) is 53.1 Å². The lowest BCUT2D eigenvalue weighted by molar-refractivity contribution is -0.137. The van der Waals surface area contributed by atoms with Crippen molar-refractivity contribution in [3.05, 3.63) is 59.9 Å². The summed E-state index contributed by atoms with van der Waals surface area (Å²) in [7, 11) is 0. The molecule has 0 aliphatic heterocycles. The smallest absolute Gasteiger partial charge is 0.382 e. The molecule has 0 saturated carbocycles. The largest absolute Gasteiger partial charge is 0.416 e. The molecule has 0 amide bonds. The average Bonchev–Trinajstić information content (AvgIpc) is 3.28. The summed E-state index contributed by atoms with van der Waals surface area (Å²) in [6, 6.07) is 9.88. The summed E-state index contributed by atoms with van der Waals surface area (Å²) < 4.78 is 57.9. The Kier molecular flexibility index (Phi) is 4.06. The van der Waals surface area contributed by atoms with Gasteiger partial charge in [-0.25, -0.2) is 4.39 Å². The van der Waals surface area contributed by atoms with E-state index >= 15 is 0 Å². The molecule has 0 aliphatic rings. The zero-order chi connectivity index (χ0) is 19.9. The zero-order valence-corrected chi connectivity index (χ0v) is 13.9. The Labute approximate surface area is 154 Å². The van der Waals surface area contributed by atoms with Gasteiger partial charge in [0.15, 0.2) is 11.5 Å². The van der Waals surface area contributed by atoms with Crippen LogP contribution in [0, 0.1) is 5.82 Å². The highest BCUT2D eigenvalue weighted by Crippen LogP contribution is 2.32. The molecule has 28 heavy (non-hydrogen) atoms. The van der Waals surface area contributed by atoms with Gasteiger partial charge < -0.3 is 10.3 Å². The number of alkyl halides is 3. The van der Waals surface area contributed by atoms with E-state index in [1.165, 1.54) is 36.4 Å². The van der Waals surface area contributed by atoms with Gasteiger partial charge in [-0.05, 0) is 42.5 Å². The van der Waals surface area contributed by atoms with Gasteiger partial charge in [0.05, 0.1) is 11.3 Å². The summed E-state index contributed by atoms with van der Waals surface area (Å²) >= 11 is 0. The molecule has 0 spiro atoms. The van der Waals surface area contributed by atoms with Gasteiger partial charge in [-0.3, -0.25) is 0 Å². The second-order valence-electron chi connectivity index (χ2n) is 5.71. The van der Waals surface area contributed by atoms with E-state index in [1.54, 1.807) is 0 Å². The molecule has 7 nitrogen and oxygen atoms in total. The molecule has 0 unspecified atom stereocenters. The number of benzene rings is 2. The number of nitrogen functional groups attached to an aromatic ring is 1. The lowest BCUT2D eigenvalue weighted by Crippen LogP contribution is -2.08. The van der Waals surface area contributed by atoms with Crippen LogP contribution in [0.5, 0.6) is 0 Å². The van der Waals surface area contributed by atoms with Crippen LogP contribution in [-0.4, -0.2) is 25.1 Å². The van der Waals surface area contributed by atoms with Crippen molar-refractivity contribution in [2.75, 3.05) is 5.73 Å². The van der Waals surface area contributed by atoms with Crippen LogP contribution in [0.3, 0.4) is 0 Å². The SMILES string of the molecule is Nc1c(-c2nc(-c3ccc(F)cc3)no2)nnn1-c1cccc(C(F)(F)F)c1. The average molecular weight is 390 g/mol. The van der Waals surface area contributed by atoms with E-state index in [9.17, 15) is 17.6 Å². The monoisotopic (exact) mass is 390 g/mol. The summed E-state index contributed by atoms with van der Waals surface area (Å²) in [4.78, 5) is 4.13. The van der Waals surface area contributed by atoms with Gasteiger partial charge in [0.2, 0.25) is 5.82 Å². The van der Waals surface area contributed by atoms with Crippen LogP contribution >= 0.6 is 0 Å². The molecule has 2 aromatic carbocycles. The molecule has 4 aromatic rings. The lowest BCUT2D eigenvalue weighted by Gasteiger charge is -2.09. The van der Waals surface area contributed by atoms with E-state index in [4.69, 9.17) is 10.3 Å². The molecule has 11 heteroatoms. The maximum absolute atomic E-state index is 13.0. The molecule has 2 heterocycles. The molecule has 0 bridgehead atoms. The van der Waals surface area contributed by atoms with Crippen molar-refractivity contribution in [2.45, 2.75) is 6.18 Å². The Hall–Kier alpha value is -3.76. The van der Waals surface area contributed by atoms with E-state index < -0.39 is 17.6 Å². The molecule has 0 radical (unpaired) electrons. The number of nitrogens with zero attached hydrogens (tertiary/aromatic N) is 5. The lowest BCUT2D eigenvalue weighted by atomic mass is 10.2. The Balaban J connectivity index is 1.69. The third kappa shape index (κ3) is 3.17. The molecule has 0 saturated heterocycles. The minimum absolute atomic E-state index is 0.0123. The second kappa shape index (κ2) is 6.44. The fraction of sp³-hybridized carbons (Fsp3) is 0.0588. The fourth-order valence-corrected chi connectivity index (χ4v) is 2.48. The number of rotatable bonds is 3. The molecular formula is C17H10F4N6O. The summed E-state index contributed by atoms with van der Waals surface area (Å²) in [6.07, 6.45) is -4.51.